The summed E-state index contributed by atoms with van der Waals surface area (Å²) in [6, 6.07) is 11.5. The second-order valence-electron chi connectivity index (χ2n) is 4.67. The maximum absolute atomic E-state index is 13.4. The molecule has 0 fully saturated rings. The lowest BCUT2D eigenvalue weighted by Gasteiger charge is -2.20. The summed E-state index contributed by atoms with van der Waals surface area (Å²) in [6.45, 7) is 4.98. The van der Waals surface area contributed by atoms with Crippen LogP contribution in [0.4, 0.5) is 4.39 Å². The number of halogens is 3. The molecular formula is C16H16Br2FN. The molecule has 2 aromatic rings. The average Bonchev–Trinajstić information content (AvgIpc) is 2.43. The molecule has 0 aliphatic carbocycles. The first kappa shape index (κ1) is 15.7. The lowest BCUT2D eigenvalue weighted by molar-refractivity contribution is 0.608. The highest BCUT2D eigenvalue weighted by Gasteiger charge is 2.15. The molecule has 106 valence electrons. The smallest absolute Gasteiger partial charge is 0.137 e. The zero-order valence-electron chi connectivity index (χ0n) is 11.4. The number of hydrogen-bond donors (Lipinski definition) is 1. The fourth-order valence-corrected chi connectivity index (χ4v) is 2.81. The molecule has 4 heteroatoms. The fraction of sp³-hybridized carbons (Fsp3) is 0.250. The lowest BCUT2D eigenvalue weighted by Crippen LogP contribution is -2.22. The third-order valence-electron chi connectivity index (χ3n) is 3.20. The van der Waals surface area contributed by atoms with Gasteiger partial charge in [0, 0.05) is 4.47 Å². The van der Waals surface area contributed by atoms with Gasteiger partial charge in [0.2, 0.25) is 0 Å². The van der Waals surface area contributed by atoms with Crippen LogP contribution in [0.1, 0.15) is 29.7 Å². The van der Waals surface area contributed by atoms with Crippen LogP contribution in [0.3, 0.4) is 0 Å². The van der Waals surface area contributed by atoms with E-state index < -0.39 is 0 Å². The van der Waals surface area contributed by atoms with Crippen LogP contribution in [0.5, 0.6) is 0 Å². The minimum Gasteiger partial charge on any atom is -0.307 e. The zero-order valence-corrected chi connectivity index (χ0v) is 14.6. The van der Waals surface area contributed by atoms with Crippen LogP contribution in [-0.4, -0.2) is 6.54 Å². The van der Waals surface area contributed by atoms with Crippen molar-refractivity contribution in [1.29, 1.82) is 0 Å². The number of rotatable bonds is 4. The van der Waals surface area contributed by atoms with Crippen molar-refractivity contribution in [3.8, 4) is 0 Å². The van der Waals surface area contributed by atoms with Crippen molar-refractivity contribution < 1.29 is 4.39 Å². The maximum Gasteiger partial charge on any atom is 0.137 e. The van der Waals surface area contributed by atoms with Crippen LogP contribution in [0.15, 0.2) is 45.3 Å². The maximum atomic E-state index is 13.4. The Balaban J connectivity index is 2.44. The van der Waals surface area contributed by atoms with E-state index in [1.54, 1.807) is 0 Å². The van der Waals surface area contributed by atoms with Gasteiger partial charge in [-0.3, -0.25) is 0 Å². The highest BCUT2D eigenvalue weighted by Crippen LogP contribution is 2.28. The number of nitrogens with one attached hydrogen (secondary N) is 1. The van der Waals surface area contributed by atoms with E-state index in [0.29, 0.717) is 4.47 Å². The minimum absolute atomic E-state index is 0.0590. The Labute approximate surface area is 135 Å². The molecule has 2 aromatic carbocycles. The van der Waals surface area contributed by atoms with Crippen LogP contribution in [-0.2, 0) is 0 Å². The number of aryl methyl sites for hydroxylation is 1. The Kier molecular flexibility index (Phi) is 5.35. The Hall–Kier alpha value is -0.710. The average molecular weight is 401 g/mol. The van der Waals surface area contributed by atoms with Crippen molar-refractivity contribution in [3.05, 3.63) is 67.9 Å². The molecule has 0 heterocycles. The van der Waals surface area contributed by atoms with E-state index in [9.17, 15) is 4.39 Å². The standard InChI is InChI=1S/C16H16Br2FN/c1-3-20-16(11-4-6-13(17)10(2)8-11)12-5-7-15(19)14(18)9-12/h4-9,16,20H,3H2,1-2H3. The van der Waals surface area contributed by atoms with Gasteiger partial charge < -0.3 is 5.32 Å². The number of hydrogen-bond acceptors (Lipinski definition) is 1. The third kappa shape index (κ3) is 3.48. The summed E-state index contributed by atoms with van der Waals surface area (Å²) in [7, 11) is 0. The van der Waals surface area contributed by atoms with E-state index in [1.807, 2.05) is 18.2 Å². The van der Waals surface area contributed by atoms with Crippen molar-refractivity contribution in [3.63, 3.8) is 0 Å². The van der Waals surface area contributed by atoms with Gasteiger partial charge in [0.05, 0.1) is 10.5 Å². The Morgan fingerprint density at radius 2 is 1.70 bits per heavy atom. The molecule has 2 rings (SSSR count). The molecule has 1 N–H and O–H groups in total. The quantitative estimate of drug-likeness (QED) is 0.728. The van der Waals surface area contributed by atoms with Crippen molar-refractivity contribution in [2.45, 2.75) is 19.9 Å². The molecule has 0 aromatic heterocycles. The largest absolute Gasteiger partial charge is 0.307 e. The van der Waals surface area contributed by atoms with Gasteiger partial charge >= 0.3 is 0 Å². The van der Waals surface area contributed by atoms with Gasteiger partial charge in [-0.2, -0.15) is 0 Å². The summed E-state index contributed by atoms with van der Waals surface area (Å²) in [6.07, 6.45) is 0. The minimum atomic E-state index is -0.240. The van der Waals surface area contributed by atoms with E-state index in [1.165, 1.54) is 17.2 Å². The van der Waals surface area contributed by atoms with Crippen LogP contribution in [0.25, 0.3) is 0 Å². The Bertz CT molecular complexity index is 562. The summed E-state index contributed by atoms with van der Waals surface area (Å²) in [5, 5.41) is 3.45. The highest BCUT2D eigenvalue weighted by molar-refractivity contribution is 9.10. The molecule has 0 saturated carbocycles. The van der Waals surface area contributed by atoms with Crippen LogP contribution in [0.2, 0.25) is 0 Å². The van der Waals surface area contributed by atoms with Crippen LogP contribution >= 0.6 is 31.9 Å². The summed E-state index contributed by atoms with van der Waals surface area (Å²) >= 11 is 6.77. The van der Waals surface area contributed by atoms with Gasteiger partial charge in [0.25, 0.3) is 0 Å². The van der Waals surface area contributed by atoms with Gasteiger partial charge in [-0.1, -0.05) is 41.1 Å². The topological polar surface area (TPSA) is 12.0 Å². The van der Waals surface area contributed by atoms with Gasteiger partial charge in [-0.25, -0.2) is 4.39 Å². The molecule has 0 bridgehead atoms. The summed E-state index contributed by atoms with van der Waals surface area (Å²) in [4.78, 5) is 0. The third-order valence-corrected chi connectivity index (χ3v) is 4.70. The first-order chi connectivity index (χ1) is 9.52. The molecule has 1 unspecified atom stereocenters. The molecule has 0 spiro atoms. The highest BCUT2D eigenvalue weighted by atomic mass is 79.9. The Morgan fingerprint density at radius 1 is 1.05 bits per heavy atom. The van der Waals surface area contributed by atoms with Crippen molar-refractivity contribution in [1.82, 2.24) is 5.32 Å². The molecule has 1 nitrogen and oxygen atoms in total. The van der Waals surface area contributed by atoms with Crippen molar-refractivity contribution in [2.24, 2.45) is 0 Å². The molecule has 0 aliphatic heterocycles. The number of benzene rings is 2. The second kappa shape index (κ2) is 6.83. The van der Waals surface area contributed by atoms with Crippen LogP contribution < -0.4 is 5.32 Å². The van der Waals surface area contributed by atoms with E-state index in [4.69, 9.17) is 0 Å². The molecular weight excluding hydrogens is 385 g/mol. The normalized spacial score (nSPS) is 12.4. The fourth-order valence-electron chi connectivity index (χ4n) is 2.17. The molecule has 0 amide bonds. The van der Waals surface area contributed by atoms with Crippen molar-refractivity contribution >= 4 is 31.9 Å². The summed E-state index contributed by atoms with van der Waals surface area (Å²) in [5.74, 6) is -0.240. The SMILES string of the molecule is CCNC(c1ccc(Br)c(C)c1)c1ccc(F)c(Br)c1. The van der Waals surface area contributed by atoms with Gasteiger partial charge in [-0.05, 0) is 64.3 Å². The van der Waals surface area contributed by atoms with Gasteiger partial charge in [-0.15, -0.1) is 0 Å². The lowest BCUT2D eigenvalue weighted by atomic mass is 9.97. The first-order valence-corrected chi connectivity index (χ1v) is 8.06. The van der Waals surface area contributed by atoms with E-state index >= 15 is 0 Å². The molecule has 20 heavy (non-hydrogen) atoms. The Morgan fingerprint density at radius 3 is 2.30 bits per heavy atom. The molecule has 1 atom stereocenters. The second-order valence-corrected chi connectivity index (χ2v) is 6.38. The summed E-state index contributed by atoms with van der Waals surface area (Å²) < 4.78 is 15.0. The predicted octanol–water partition coefficient (Wildman–Crippen LogP) is 5.36. The monoisotopic (exact) mass is 399 g/mol. The first-order valence-electron chi connectivity index (χ1n) is 6.47. The van der Waals surface area contributed by atoms with E-state index in [-0.39, 0.29) is 11.9 Å². The van der Waals surface area contributed by atoms with E-state index in [2.05, 4.69) is 63.2 Å². The van der Waals surface area contributed by atoms with Crippen molar-refractivity contribution in [2.75, 3.05) is 6.54 Å². The van der Waals surface area contributed by atoms with Gasteiger partial charge in [0.15, 0.2) is 0 Å². The predicted molar refractivity (Wildman–Crippen MR) is 88.5 cm³/mol. The van der Waals surface area contributed by atoms with E-state index in [0.717, 1.165) is 16.6 Å². The zero-order chi connectivity index (χ0) is 14.7. The molecule has 0 radical (unpaired) electrons. The summed E-state index contributed by atoms with van der Waals surface area (Å²) in [5.41, 5.74) is 3.40. The van der Waals surface area contributed by atoms with Crippen LogP contribution in [0, 0.1) is 12.7 Å². The van der Waals surface area contributed by atoms with Gasteiger partial charge in [0.1, 0.15) is 5.82 Å². The molecule has 0 saturated heterocycles. The molecule has 0 aliphatic rings.